The van der Waals surface area contributed by atoms with Crippen LogP contribution in [0.4, 0.5) is 5.69 Å². The predicted octanol–water partition coefficient (Wildman–Crippen LogP) is 2.93. The van der Waals surface area contributed by atoms with E-state index in [1.54, 1.807) is 44.5 Å². The second-order valence-electron chi connectivity index (χ2n) is 5.25. The van der Waals surface area contributed by atoms with E-state index in [1.165, 1.54) is 4.90 Å². The van der Waals surface area contributed by atoms with Gasteiger partial charge in [0.05, 0.1) is 18.1 Å². The highest BCUT2D eigenvalue weighted by atomic mass is 79.9. The number of rotatable bonds is 7. The first-order chi connectivity index (χ1) is 12.0. The van der Waals surface area contributed by atoms with Gasteiger partial charge in [0.1, 0.15) is 11.5 Å². The van der Waals surface area contributed by atoms with Crippen LogP contribution in [0.1, 0.15) is 0 Å². The van der Waals surface area contributed by atoms with Crippen LogP contribution in [0.2, 0.25) is 0 Å². The summed E-state index contributed by atoms with van der Waals surface area (Å²) >= 11 is 3.35. The summed E-state index contributed by atoms with van der Waals surface area (Å²) in [6.07, 6.45) is 0. The van der Waals surface area contributed by atoms with Gasteiger partial charge in [0, 0.05) is 18.8 Å². The maximum absolute atomic E-state index is 12.1. The molecule has 2 rings (SSSR count). The fourth-order valence-corrected chi connectivity index (χ4v) is 2.42. The van der Waals surface area contributed by atoms with Crippen molar-refractivity contribution in [3.05, 3.63) is 53.0 Å². The largest absolute Gasteiger partial charge is 0.497 e. The van der Waals surface area contributed by atoms with Crippen LogP contribution in [-0.2, 0) is 9.59 Å². The lowest BCUT2D eigenvalue weighted by molar-refractivity contribution is -0.135. The molecule has 0 aliphatic rings. The molecule has 132 valence electrons. The van der Waals surface area contributed by atoms with Gasteiger partial charge >= 0.3 is 0 Å². The second-order valence-corrected chi connectivity index (χ2v) is 6.10. The van der Waals surface area contributed by atoms with E-state index in [0.717, 1.165) is 4.47 Å². The Morgan fingerprint density at radius 3 is 2.64 bits per heavy atom. The number of nitrogens with one attached hydrogen (secondary N) is 1. The number of benzene rings is 2. The number of nitrogens with zero attached hydrogens (tertiary/aromatic N) is 1. The van der Waals surface area contributed by atoms with Crippen LogP contribution in [0.3, 0.4) is 0 Å². The molecule has 6 nitrogen and oxygen atoms in total. The number of ether oxygens (including phenoxy) is 2. The van der Waals surface area contributed by atoms with Gasteiger partial charge in [-0.3, -0.25) is 9.59 Å². The third-order valence-corrected chi connectivity index (χ3v) is 4.00. The van der Waals surface area contributed by atoms with E-state index in [0.29, 0.717) is 17.2 Å². The fourth-order valence-electron chi connectivity index (χ4n) is 2.02. The van der Waals surface area contributed by atoms with E-state index in [1.807, 2.05) is 18.2 Å². The van der Waals surface area contributed by atoms with Crippen molar-refractivity contribution in [2.45, 2.75) is 0 Å². The average molecular weight is 407 g/mol. The number of hydrogen-bond acceptors (Lipinski definition) is 4. The summed E-state index contributed by atoms with van der Waals surface area (Å²) in [6, 6.07) is 14.3. The fraction of sp³-hybridized carbons (Fsp3) is 0.222. The SMILES string of the molecule is COc1cccc(NC(=O)CN(C)C(=O)COc2ccccc2Br)c1. The van der Waals surface area contributed by atoms with Gasteiger partial charge in [0.2, 0.25) is 5.91 Å². The monoisotopic (exact) mass is 406 g/mol. The summed E-state index contributed by atoms with van der Waals surface area (Å²) in [7, 11) is 3.11. The Labute approximate surface area is 154 Å². The van der Waals surface area contributed by atoms with Gasteiger partial charge in [0.15, 0.2) is 6.61 Å². The van der Waals surface area contributed by atoms with Crippen molar-refractivity contribution >= 4 is 33.4 Å². The molecule has 0 atom stereocenters. The zero-order valence-electron chi connectivity index (χ0n) is 14.0. The Balaban J connectivity index is 1.83. The van der Waals surface area contributed by atoms with Crippen molar-refractivity contribution < 1.29 is 19.1 Å². The topological polar surface area (TPSA) is 67.9 Å². The molecule has 0 bridgehead atoms. The van der Waals surface area contributed by atoms with E-state index in [2.05, 4.69) is 21.2 Å². The molecule has 2 amide bonds. The molecule has 0 unspecified atom stereocenters. The van der Waals surface area contributed by atoms with Crippen molar-refractivity contribution in [2.75, 3.05) is 32.6 Å². The highest BCUT2D eigenvalue weighted by Crippen LogP contribution is 2.23. The Morgan fingerprint density at radius 2 is 1.92 bits per heavy atom. The molecule has 0 fully saturated rings. The van der Waals surface area contributed by atoms with Crippen molar-refractivity contribution in [3.8, 4) is 11.5 Å². The van der Waals surface area contributed by atoms with Crippen molar-refractivity contribution in [1.29, 1.82) is 0 Å². The van der Waals surface area contributed by atoms with Crippen molar-refractivity contribution in [1.82, 2.24) is 4.90 Å². The van der Waals surface area contributed by atoms with Crippen molar-refractivity contribution in [3.63, 3.8) is 0 Å². The van der Waals surface area contributed by atoms with Gasteiger partial charge in [-0.2, -0.15) is 0 Å². The Hall–Kier alpha value is -2.54. The standard InChI is InChI=1S/C18H19BrN2O4/c1-21(18(23)12-25-16-9-4-3-8-15(16)19)11-17(22)20-13-6-5-7-14(10-13)24-2/h3-10H,11-12H2,1-2H3,(H,20,22). The minimum absolute atomic E-state index is 0.0740. The molecule has 0 aromatic heterocycles. The first-order valence-electron chi connectivity index (χ1n) is 7.55. The number of anilines is 1. The van der Waals surface area contributed by atoms with Gasteiger partial charge in [-0.1, -0.05) is 18.2 Å². The lowest BCUT2D eigenvalue weighted by Crippen LogP contribution is -2.37. The predicted molar refractivity (Wildman–Crippen MR) is 98.9 cm³/mol. The zero-order valence-corrected chi connectivity index (χ0v) is 15.6. The van der Waals surface area contributed by atoms with Crippen LogP contribution in [0.25, 0.3) is 0 Å². The highest BCUT2D eigenvalue weighted by Gasteiger charge is 2.14. The first kappa shape index (κ1) is 18.8. The lowest BCUT2D eigenvalue weighted by atomic mass is 10.3. The van der Waals surface area contributed by atoms with Gasteiger partial charge in [-0.25, -0.2) is 0 Å². The summed E-state index contributed by atoms with van der Waals surface area (Å²) in [5.74, 6) is 0.621. The molecule has 1 N–H and O–H groups in total. The van der Waals surface area contributed by atoms with Crippen LogP contribution in [-0.4, -0.2) is 44.0 Å². The van der Waals surface area contributed by atoms with E-state index in [-0.39, 0.29) is 25.0 Å². The summed E-state index contributed by atoms with van der Waals surface area (Å²) in [5, 5.41) is 2.72. The third-order valence-electron chi connectivity index (χ3n) is 3.35. The molecule has 0 radical (unpaired) electrons. The van der Waals surface area contributed by atoms with Crippen molar-refractivity contribution in [2.24, 2.45) is 0 Å². The van der Waals surface area contributed by atoms with Crippen LogP contribution < -0.4 is 14.8 Å². The van der Waals surface area contributed by atoms with Crippen LogP contribution in [0.5, 0.6) is 11.5 Å². The van der Waals surface area contributed by atoms with Gasteiger partial charge in [-0.15, -0.1) is 0 Å². The van der Waals surface area contributed by atoms with E-state index in [9.17, 15) is 9.59 Å². The summed E-state index contributed by atoms with van der Waals surface area (Å²) in [4.78, 5) is 25.5. The van der Waals surface area contributed by atoms with Gasteiger partial charge in [-0.05, 0) is 40.2 Å². The van der Waals surface area contributed by atoms with Crippen LogP contribution in [0, 0.1) is 0 Å². The third kappa shape index (κ3) is 5.79. The number of carbonyl (C=O) groups excluding carboxylic acids is 2. The molecule has 0 spiro atoms. The van der Waals surface area contributed by atoms with E-state index >= 15 is 0 Å². The molecular formula is C18H19BrN2O4. The summed E-state index contributed by atoms with van der Waals surface area (Å²) < 4.78 is 11.3. The maximum Gasteiger partial charge on any atom is 0.260 e. The minimum Gasteiger partial charge on any atom is -0.497 e. The minimum atomic E-state index is -0.301. The molecule has 0 saturated carbocycles. The molecule has 0 aliphatic carbocycles. The molecule has 0 saturated heterocycles. The molecule has 0 heterocycles. The average Bonchev–Trinajstić information content (AvgIpc) is 2.60. The van der Waals surface area contributed by atoms with Gasteiger partial charge in [0.25, 0.3) is 5.91 Å². The molecule has 2 aromatic rings. The summed E-state index contributed by atoms with van der Waals surface area (Å²) in [6.45, 7) is -0.221. The molecular weight excluding hydrogens is 388 g/mol. The Morgan fingerprint density at radius 1 is 1.16 bits per heavy atom. The lowest BCUT2D eigenvalue weighted by Gasteiger charge is -2.17. The number of para-hydroxylation sites is 1. The summed E-state index contributed by atoms with van der Waals surface area (Å²) in [5.41, 5.74) is 0.606. The molecule has 0 aliphatic heterocycles. The quantitative estimate of drug-likeness (QED) is 0.767. The zero-order chi connectivity index (χ0) is 18.2. The number of amides is 2. The normalized spacial score (nSPS) is 10.0. The first-order valence-corrected chi connectivity index (χ1v) is 8.34. The van der Waals surface area contributed by atoms with E-state index in [4.69, 9.17) is 9.47 Å². The number of halogens is 1. The smallest absolute Gasteiger partial charge is 0.260 e. The van der Waals surface area contributed by atoms with Crippen LogP contribution in [0.15, 0.2) is 53.0 Å². The second kappa shape index (κ2) is 9.08. The number of likely N-dealkylation sites (N-methyl/N-ethyl adjacent to an activating group) is 1. The molecule has 25 heavy (non-hydrogen) atoms. The van der Waals surface area contributed by atoms with Crippen LogP contribution >= 0.6 is 15.9 Å². The maximum atomic E-state index is 12.1. The van der Waals surface area contributed by atoms with E-state index < -0.39 is 0 Å². The molecule has 7 heteroatoms. The highest BCUT2D eigenvalue weighted by molar-refractivity contribution is 9.10. The Bertz CT molecular complexity index is 751. The number of hydrogen-bond donors (Lipinski definition) is 1. The van der Waals surface area contributed by atoms with Gasteiger partial charge < -0.3 is 19.7 Å². The number of carbonyl (C=O) groups is 2. The molecule has 2 aromatic carbocycles. The Kier molecular flexibility index (Phi) is 6.82. The number of methoxy groups -OCH3 is 1.